The normalized spacial score (nSPS) is 17.9. The maximum Gasteiger partial charge on any atom is 0.293 e. The van der Waals surface area contributed by atoms with Crippen molar-refractivity contribution in [1.82, 2.24) is 10.2 Å². The van der Waals surface area contributed by atoms with Crippen LogP contribution in [0.25, 0.3) is 6.08 Å². The van der Waals surface area contributed by atoms with Crippen LogP contribution in [0.2, 0.25) is 0 Å². The van der Waals surface area contributed by atoms with Gasteiger partial charge in [0.25, 0.3) is 17.1 Å². The molecule has 2 heterocycles. The van der Waals surface area contributed by atoms with Crippen molar-refractivity contribution in [2.45, 2.75) is 25.7 Å². The predicted octanol–water partition coefficient (Wildman–Crippen LogP) is 4.09. The molecule has 2 aromatic rings. The number of hydrogen-bond donors (Lipinski definition) is 1. The van der Waals surface area contributed by atoms with Crippen molar-refractivity contribution in [3.05, 3.63) is 62.2 Å². The first kappa shape index (κ1) is 19.0. The fourth-order valence-electron chi connectivity index (χ4n) is 3.36. The molecule has 1 fully saturated rings. The van der Waals surface area contributed by atoms with E-state index in [9.17, 15) is 14.4 Å². The van der Waals surface area contributed by atoms with Crippen molar-refractivity contribution >= 4 is 46.2 Å². The summed E-state index contributed by atoms with van der Waals surface area (Å²) in [4.78, 5) is 40.7. The van der Waals surface area contributed by atoms with E-state index >= 15 is 0 Å². The van der Waals surface area contributed by atoms with E-state index in [0.717, 1.165) is 30.2 Å². The number of benzene rings is 1. The van der Waals surface area contributed by atoms with Crippen LogP contribution in [0.4, 0.5) is 4.79 Å². The van der Waals surface area contributed by atoms with Gasteiger partial charge >= 0.3 is 0 Å². The Balaban J connectivity index is 1.34. The van der Waals surface area contributed by atoms with Gasteiger partial charge in [0.1, 0.15) is 0 Å². The van der Waals surface area contributed by atoms with Crippen molar-refractivity contribution in [3.8, 4) is 0 Å². The zero-order valence-electron chi connectivity index (χ0n) is 15.3. The van der Waals surface area contributed by atoms with Crippen molar-refractivity contribution in [2.75, 3.05) is 13.1 Å². The van der Waals surface area contributed by atoms with Crippen LogP contribution in [0.5, 0.6) is 0 Å². The second-order valence-electron chi connectivity index (χ2n) is 6.77. The highest BCUT2D eigenvalue weighted by atomic mass is 32.2. The number of fused-ring (bicyclic) bond motifs is 1. The number of carbonyl (C=O) groups is 3. The van der Waals surface area contributed by atoms with Crippen LogP contribution < -0.4 is 5.32 Å². The van der Waals surface area contributed by atoms with Gasteiger partial charge in [0, 0.05) is 18.0 Å². The lowest BCUT2D eigenvalue weighted by Gasteiger charge is -2.12. The maximum atomic E-state index is 12.5. The van der Waals surface area contributed by atoms with E-state index in [1.54, 1.807) is 17.4 Å². The highest BCUT2D eigenvalue weighted by Crippen LogP contribution is 2.32. The zero-order chi connectivity index (χ0) is 19.5. The van der Waals surface area contributed by atoms with E-state index in [4.69, 9.17) is 0 Å². The molecule has 28 heavy (non-hydrogen) atoms. The van der Waals surface area contributed by atoms with Gasteiger partial charge in [-0.3, -0.25) is 19.3 Å². The Labute approximate surface area is 171 Å². The van der Waals surface area contributed by atoms with Gasteiger partial charge in [-0.2, -0.15) is 0 Å². The number of rotatable bonds is 5. The molecule has 0 bridgehead atoms. The number of thioether (sulfide) groups is 1. The summed E-state index contributed by atoms with van der Waals surface area (Å²) in [5.74, 6) is -0.439. The Morgan fingerprint density at radius 2 is 1.93 bits per heavy atom. The Kier molecular flexibility index (Phi) is 5.64. The lowest BCUT2D eigenvalue weighted by atomic mass is 9.99. The molecule has 0 unspecified atom stereocenters. The summed E-state index contributed by atoms with van der Waals surface area (Å²) in [6, 6.07) is 11.4. The van der Waals surface area contributed by atoms with Gasteiger partial charge in [-0.15, -0.1) is 11.3 Å². The molecule has 2 aliphatic rings. The Hall–Kier alpha value is -2.38. The van der Waals surface area contributed by atoms with Gasteiger partial charge in [-0.25, -0.2) is 0 Å². The van der Waals surface area contributed by atoms with Gasteiger partial charge < -0.3 is 5.32 Å². The number of imide groups is 1. The second kappa shape index (κ2) is 8.32. The average Bonchev–Trinajstić information content (AvgIpc) is 3.25. The number of aryl methyl sites for hydroxylation is 2. The second-order valence-corrected chi connectivity index (χ2v) is 8.90. The quantitative estimate of drug-likeness (QED) is 0.751. The summed E-state index contributed by atoms with van der Waals surface area (Å²) in [5.41, 5.74) is 2.17. The number of nitrogens with zero attached hydrogens (tertiary/aromatic N) is 1. The average molecular weight is 413 g/mol. The van der Waals surface area contributed by atoms with E-state index in [-0.39, 0.29) is 30.1 Å². The minimum atomic E-state index is -0.306. The van der Waals surface area contributed by atoms with Crippen LogP contribution >= 0.6 is 23.1 Å². The van der Waals surface area contributed by atoms with Crippen LogP contribution in [0.15, 0.2) is 41.3 Å². The molecule has 144 valence electrons. The number of amides is 3. The van der Waals surface area contributed by atoms with E-state index < -0.39 is 0 Å². The first-order valence-corrected chi connectivity index (χ1v) is 11.0. The van der Waals surface area contributed by atoms with Gasteiger partial charge in [-0.05, 0) is 60.7 Å². The molecule has 1 saturated heterocycles. The van der Waals surface area contributed by atoms with Crippen molar-refractivity contribution in [1.29, 1.82) is 0 Å². The first-order valence-electron chi connectivity index (χ1n) is 9.32. The molecule has 1 aliphatic carbocycles. The largest absolute Gasteiger partial charge is 0.350 e. The Bertz CT molecular complexity index is 926. The molecule has 0 spiro atoms. The third-order valence-corrected chi connectivity index (χ3v) is 6.96. The van der Waals surface area contributed by atoms with Crippen LogP contribution in [0.3, 0.4) is 0 Å². The van der Waals surface area contributed by atoms with E-state index in [2.05, 4.69) is 5.32 Å². The van der Waals surface area contributed by atoms with Crippen LogP contribution in [0, 0.1) is 0 Å². The number of thiophene rings is 1. The minimum absolute atomic E-state index is 0.133. The van der Waals surface area contributed by atoms with Gasteiger partial charge in [0.15, 0.2) is 0 Å². The predicted molar refractivity (Wildman–Crippen MR) is 112 cm³/mol. The highest BCUT2D eigenvalue weighted by molar-refractivity contribution is 8.18. The maximum absolute atomic E-state index is 12.5. The molecule has 0 atom stereocenters. The summed E-state index contributed by atoms with van der Waals surface area (Å²) >= 11 is 2.49. The molecular weight excluding hydrogens is 392 g/mol. The molecule has 1 aromatic heterocycles. The van der Waals surface area contributed by atoms with Crippen LogP contribution in [0.1, 0.15) is 38.5 Å². The lowest BCUT2D eigenvalue weighted by molar-refractivity contribution is -0.122. The SMILES string of the molecule is O=C(NCCN1C(=O)S/C(=C/c2ccccc2)C1=O)c1cc2c(s1)CCCC2. The molecular formula is C21H20N2O3S2. The standard InChI is InChI=1S/C21H20N2O3S2/c24-19(17-13-15-8-4-5-9-16(15)27-17)22-10-11-23-20(25)18(28-21(23)26)12-14-6-2-1-3-7-14/h1-3,6-7,12-13H,4-5,8-11H2,(H,22,24)/b18-12+. The third kappa shape index (κ3) is 4.05. The number of hydrogen-bond acceptors (Lipinski definition) is 5. The summed E-state index contributed by atoms with van der Waals surface area (Å²) in [6.45, 7) is 0.422. The van der Waals surface area contributed by atoms with Crippen LogP contribution in [-0.4, -0.2) is 35.0 Å². The molecule has 1 aromatic carbocycles. The highest BCUT2D eigenvalue weighted by Gasteiger charge is 2.34. The molecule has 7 heteroatoms. The minimum Gasteiger partial charge on any atom is -0.350 e. The molecule has 1 aliphatic heterocycles. The topological polar surface area (TPSA) is 66.5 Å². The molecule has 1 N–H and O–H groups in total. The smallest absolute Gasteiger partial charge is 0.293 e. The first-order chi connectivity index (χ1) is 13.6. The zero-order valence-corrected chi connectivity index (χ0v) is 16.9. The summed E-state index contributed by atoms with van der Waals surface area (Å²) in [6.07, 6.45) is 6.19. The number of carbonyl (C=O) groups excluding carboxylic acids is 3. The lowest BCUT2D eigenvalue weighted by Crippen LogP contribution is -2.37. The van der Waals surface area contributed by atoms with Crippen LogP contribution in [-0.2, 0) is 17.6 Å². The fraction of sp³-hybridized carbons (Fsp3) is 0.286. The number of nitrogens with one attached hydrogen (secondary N) is 1. The van der Waals surface area contributed by atoms with Gasteiger partial charge in [0.05, 0.1) is 9.78 Å². The van der Waals surface area contributed by atoms with E-state index in [1.165, 1.54) is 28.2 Å². The van der Waals surface area contributed by atoms with Crippen molar-refractivity contribution < 1.29 is 14.4 Å². The Morgan fingerprint density at radius 3 is 2.71 bits per heavy atom. The van der Waals surface area contributed by atoms with Gasteiger partial charge in [0.2, 0.25) is 0 Å². The third-order valence-electron chi connectivity index (χ3n) is 4.81. The van der Waals surface area contributed by atoms with E-state index in [0.29, 0.717) is 9.78 Å². The molecule has 4 rings (SSSR count). The van der Waals surface area contributed by atoms with Crippen molar-refractivity contribution in [3.63, 3.8) is 0 Å². The molecule has 5 nitrogen and oxygen atoms in total. The fourth-order valence-corrected chi connectivity index (χ4v) is 5.40. The summed E-state index contributed by atoms with van der Waals surface area (Å²) in [5, 5.41) is 2.54. The molecule has 0 saturated carbocycles. The monoisotopic (exact) mass is 412 g/mol. The van der Waals surface area contributed by atoms with E-state index in [1.807, 2.05) is 36.4 Å². The molecule has 3 amide bonds. The van der Waals surface area contributed by atoms with Gasteiger partial charge in [-0.1, -0.05) is 30.3 Å². The van der Waals surface area contributed by atoms with Crippen molar-refractivity contribution in [2.24, 2.45) is 0 Å². The summed E-state index contributed by atoms with van der Waals surface area (Å²) in [7, 11) is 0. The molecule has 0 radical (unpaired) electrons. The summed E-state index contributed by atoms with van der Waals surface area (Å²) < 4.78 is 0. The Morgan fingerprint density at radius 1 is 1.14 bits per heavy atom.